The van der Waals surface area contributed by atoms with Crippen molar-refractivity contribution >= 4 is 11.6 Å². The first-order chi connectivity index (χ1) is 10.6. The first-order valence-electron chi connectivity index (χ1n) is 6.99. The maximum Gasteiger partial charge on any atom is 0.188 e. The van der Waals surface area contributed by atoms with Crippen LogP contribution in [0.1, 0.15) is 27.6 Å². The van der Waals surface area contributed by atoms with E-state index in [-0.39, 0.29) is 18.4 Å². The van der Waals surface area contributed by atoms with Crippen molar-refractivity contribution in [3.63, 3.8) is 0 Å². The number of carbonyl (C=O) groups excluding carboxylic acids is 2. The summed E-state index contributed by atoms with van der Waals surface area (Å²) in [5, 5.41) is 0. The van der Waals surface area contributed by atoms with Gasteiger partial charge in [-0.2, -0.15) is 0 Å². The fraction of sp³-hybridized carbons (Fsp3) is 0.222. The van der Waals surface area contributed by atoms with E-state index in [1.807, 2.05) is 6.07 Å². The minimum atomic E-state index is -0.769. The number of rotatable bonds is 7. The van der Waals surface area contributed by atoms with Gasteiger partial charge in [-0.15, -0.1) is 0 Å². The molecule has 0 bridgehead atoms. The maximum atomic E-state index is 12.6. The van der Waals surface area contributed by atoms with Crippen molar-refractivity contribution in [3.05, 3.63) is 65.7 Å². The van der Waals surface area contributed by atoms with Crippen LogP contribution in [0.3, 0.4) is 0 Å². The van der Waals surface area contributed by atoms with Gasteiger partial charge in [0.1, 0.15) is 5.75 Å². The second-order valence-corrected chi connectivity index (χ2v) is 4.86. The molecule has 0 aromatic heterocycles. The van der Waals surface area contributed by atoms with Crippen LogP contribution in [-0.4, -0.2) is 25.5 Å². The average molecular weight is 298 g/mol. The van der Waals surface area contributed by atoms with Crippen molar-refractivity contribution in [1.29, 1.82) is 0 Å². The van der Waals surface area contributed by atoms with Gasteiger partial charge in [0, 0.05) is 12.7 Å². The van der Waals surface area contributed by atoms with Crippen molar-refractivity contribution in [2.75, 3.05) is 13.9 Å². The fourth-order valence-corrected chi connectivity index (χ4v) is 2.12. The average Bonchev–Trinajstić information content (AvgIpc) is 2.59. The van der Waals surface area contributed by atoms with Gasteiger partial charge >= 0.3 is 0 Å². The first-order valence-corrected chi connectivity index (χ1v) is 6.99. The third-order valence-corrected chi connectivity index (χ3v) is 3.33. The predicted octanol–water partition coefficient (Wildman–Crippen LogP) is 3.37. The summed E-state index contributed by atoms with van der Waals surface area (Å²) in [6.45, 7) is 1.66. The molecule has 0 spiro atoms. The molecule has 4 nitrogen and oxygen atoms in total. The number of methoxy groups -OCH3 is 1. The van der Waals surface area contributed by atoms with Crippen molar-refractivity contribution < 1.29 is 19.1 Å². The van der Waals surface area contributed by atoms with Crippen LogP contribution in [-0.2, 0) is 4.74 Å². The third kappa shape index (κ3) is 3.59. The van der Waals surface area contributed by atoms with Crippen molar-refractivity contribution in [2.24, 2.45) is 5.92 Å². The quantitative estimate of drug-likeness (QED) is 0.447. The molecule has 4 heteroatoms. The molecular weight excluding hydrogens is 280 g/mol. The monoisotopic (exact) mass is 298 g/mol. The van der Waals surface area contributed by atoms with Gasteiger partial charge in [-0.3, -0.25) is 9.59 Å². The molecule has 0 radical (unpaired) electrons. The topological polar surface area (TPSA) is 52.6 Å². The molecule has 0 N–H and O–H groups in total. The van der Waals surface area contributed by atoms with Gasteiger partial charge in [0.05, 0.1) is 11.5 Å². The summed E-state index contributed by atoms with van der Waals surface area (Å²) >= 11 is 0. The molecular formula is C18H18O4. The predicted molar refractivity (Wildman–Crippen MR) is 83.2 cm³/mol. The summed E-state index contributed by atoms with van der Waals surface area (Å²) < 4.78 is 10.2. The number of hydrogen-bond acceptors (Lipinski definition) is 4. The summed E-state index contributed by atoms with van der Waals surface area (Å²) in [4.78, 5) is 25.0. The molecule has 0 amide bonds. The van der Waals surface area contributed by atoms with Gasteiger partial charge < -0.3 is 9.47 Å². The van der Waals surface area contributed by atoms with Crippen LogP contribution in [0.4, 0.5) is 0 Å². The zero-order valence-corrected chi connectivity index (χ0v) is 12.6. The van der Waals surface area contributed by atoms with Gasteiger partial charge in [0.25, 0.3) is 0 Å². The Morgan fingerprint density at radius 2 is 1.59 bits per heavy atom. The Hall–Kier alpha value is -2.46. The van der Waals surface area contributed by atoms with Crippen LogP contribution in [0.2, 0.25) is 0 Å². The molecule has 1 unspecified atom stereocenters. The highest BCUT2D eigenvalue weighted by molar-refractivity contribution is 6.16. The maximum absolute atomic E-state index is 12.6. The van der Waals surface area contributed by atoms with Gasteiger partial charge in [-0.05, 0) is 19.1 Å². The van der Waals surface area contributed by atoms with Crippen molar-refractivity contribution in [2.45, 2.75) is 6.92 Å². The van der Waals surface area contributed by atoms with E-state index < -0.39 is 5.92 Å². The highest BCUT2D eigenvalue weighted by Gasteiger charge is 2.26. The number of ether oxygens (including phenoxy) is 2. The van der Waals surface area contributed by atoms with E-state index in [0.717, 1.165) is 0 Å². The van der Waals surface area contributed by atoms with E-state index in [4.69, 9.17) is 9.47 Å². The van der Waals surface area contributed by atoms with Crippen molar-refractivity contribution in [3.8, 4) is 5.75 Å². The summed E-state index contributed by atoms with van der Waals surface area (Å²) in [7, 11) is 1.51. The molecule has 2 rings (SSSR count). The smallest absolute Gasteiger partial charge is 0.188 e. The largest absolute Gasteiger partial charge is 0.467 e. The zero-order valence-electron chi connectivity index (χ0n) is 12.6. The minimum absolute atomic E-state index is 0.0469. The lowest BCUT2D eigenvalue weighted by molar-refractivity contribution is 0.0500. The Morgan fingerprint density at radius 3 is 2.27 bits per heavy atom. The standard InChI is InChI=1S/C18H18O4/c1-13(17(19)14-8-4-3-5-9-14)18(20)15-10-6-7-11-16(15)22-12-21-2/h3-11,13H,12H2,1-2H3. The summed E-state index contributed by atoms with van der Waals surface area (Å²) in [6.07, 6.45) is 0. The summed E-state index contributed by atoms with van der Waals surface area (Å²) in [5.74, 6) is -0.815. The molecule has 0 heterocycles. The van der Waals surface area contributed by atoms with Crippen molar-refractivity contribution in [1.82, 2.24) is 0 Å². The number of Topliss-reactive ketones (excluding diaryl/α,β-unsaturated/α-hetero) is 2. The molecule has 0 saturated heterocycles. The molecule has 114 valence electrons. The normalized spacial score (nSPS) is 11.7. The Morgan fingerprint density at radius 1 is 0.955 bits per heavy atom. The Bertz CT molecular complexity index is 649. The lowest BCUT2D eigenvalue weighted by Gasteiger charge is -2.13. The zero-order chi connectivity index (χ0) is 15.9. The SMILES string of the molecule is COCOc1ccccc1C(=O)C(C)C(=O)c1ccccc1. The Balaban J connectivity index is 2.22. The van der Waals surface area contributed by atoms with E-state index >= 15 is 0 Å². The number of carbonyl (C=O) groups is 2. The molecule has 0 aliphatic rings. The lowest BCUT2D eigenvalue weighted by atomic mass is 9.91. The van der Waals surface area contributed by atoms with Gasteiger partial charge in [0.2, 0.25) is 0 Å². The molecule has 2 aromatic rings. The van der Waals surface area contributed by atoms with Gasteiger partial charge in [-0.25, -0.2) is 0 Å². The fourth-order valence-electron chi connectivity index (χ4n) is 2.12. The van der Waals surface area contributed by atoms with E-state index in [0.29, 0.717) is 16.9 Å². The molecule has 0 aliphatic heterocycles. The van der Waals surface area contributed by atoms with Crippen LogP contribution in [0.15, 0.2) is 54.6 Å². The van der Waals surface area contributed by atoms with Crippen LogP contribution < -0.4 is 4.74 Å². The molecule has 0 aliphatic carbocycles. The van der Waals surface area contributed by atoms with Gasteiger partial charge in [0.15, 0.2) is 18.4 Å². The molecule has 0 fully saturated rings. The first kappa shape index (κ1) is 15.9. The highest BCUT2D eigenvalue weighted by Crippen LogP contribution is 2.23. The number of hydrogen-bond donors (Lipinski definition) is 0. The lowest BCUT2D eigenvalue weighted by Crippen LogP contribution is -2.22. The van der Waals surface area contributed by atoms with E-state index in [1.165, 1.54) is 7.11 Å². The second-order valence-electron chi connectivity index (χ2n) is 4.86. The Kier molecular flexibility index (Phi) is 5.44. The van der Waals surface area contributed by atoms with E-state index in [1.54, 1.807) is 55.5 Å². The van der Waals surface area contributed by atoms with E-state index in [9.17, 15) is 9.59 Å². The minimum Gasteiger partial charge on any atom is -0.467 e. The molecule has 22 heavy (non-hydrogen) atoms. The van der Waals surface area contributed by atoms with E-state index in [2.05, 4.69) is 0 Å². The Labute approximate surface area is 129 Å². The van der Waals surface area contributed by atoms with Crippen LogP contribution in [0.25, 0.3) is 0 Å². The number of ketones is 2. The third-order valence-electron chi connectivity index (χ3n) is 3.33. The molecule has 1 atom stereocenters. The second kappa shape index (κ2) is 7.52. The van der Waals surface area contributed by atoms with Gasteiger partial charge in [-0.1, -0.05) is 42.5 Å². The van der Waals surface area contributed by atoms with Crippen LogP contribution in [0.5, 0.6) is 5.75 Å². The summed E-state index contributed by atoms with van der Waals surface area (Å²) in [6, 6.07) is 15.7. The number of benzene rings is 2. The molecule has 0 saturated carbocycles. The molecule has 2 aromatic carbocycles. The summed E-state index contributed by atoms with van der Waals surface area (Å²) in [5.41, 5.74) is 0.912. The highest BCUT2D eigenvalue weighted by atomic mass is 16.7. The van der Waals surface area contributed by atoms with Crippen LogP contribution >= 0.6 is 0 Å². The van der Waals surface area contributed by atoms with Crippen LogP contribution in [0, 0.1) is 5.92 Å². The number of para-hydroxylation sites is 1.